The Morgan fingerprint density at radius 3 is 2.32 bits per heavy atom. The number of fused-ring (bicyclic) bond motifs is 1. The topological polar surface area (TPSA) is 23.6 Å². The van der Waals surface area contributed by atoms with Crippen molar-refractivity contribution in [3.63, 3.8) is 0 Å². The Bertz CT molecular complexity index is 769. The monoisotopic (exact) mass is 334 g/mol. The molecule has 2 aromatic rings. The number of nitrogens with zero attached hydrogens (tertiary/aromatic N) is 2. The summed E-state index contributed by atoms with van der Waals surface area (Å²) >= 11 is 0. The van der Waals surface area contributed by atoms with Gasteiger partial charge >= 0.3 is 0 Å². The number of hydrogen-bond acceptors (Lipinski definition) is 2. The lowest BCUT2D eigenvalue weighted by atomic mass is 9.79. The van der Waals surface area contributed by atoms with E-state index in [1.54, 1.807) is 6.92 Å². The van der Waals surface area contributed by atoms with Crippen molar-refractivity contribution < 1.29 is 4.79 Å². The quantitative estimate of drug-likeness (QED) is 0.816. The lowest BCUT2D eigenvalue weighted by Crippen LogP contribution is -2.52. The van der Waals surface area contributed by atoms with Crippen LogP contribution in [0.15, 0.2) is 54.6 Å². The van der Waals surface area contributed by atoms with Crippen LogP contribution in [-0.4, -0.2) is 19.0 Å². The van der Waals surface area contributed by atoms with Gasteiger partial charge in [-0.15, -0.1) is 0 Å². The predicted octanol–water partition coefficient (Wildman–Crippen LogP) is 4.65. The highest BCUT2D eigenvalue weighted by Gasteiger charge is 2.48. The third-order valence-corrected chi connectivity index (χ3v) is 5.87. The van der Waals surface area contributed by atoms with E-state index in [0.717, 1.165) is 5.69 Å². The van der Waals surface area contributed by atoms with Crippen LogP contribution in [0.5, 0.6) is 0 Å². The molecule has 1 amide bonds. The first-order chi connectivity index (χ1) is 12.1. The molecular formula is C22H26N2O. The van der Waals surface area contributed by atoms with Crippen molar-refractivity contribution in [2.45, 2.75) is 38.8 Å². The van der Waals surface area contributed by atoms with Gasteiger partial charge in [-0.1, -0.05) is 43.3 Å². The smallest absolute Gasteiger partial charge is 0.224 e. The van der Waals surface area contributed by atoms with Crippen molar-refractivity contribution in [3.05, 3.63) is 60.2 Å². The molecule has 0 bridgehead atoms. The molecule has 4 rings (SSSR count). The fourth-order valence-corrected chi connectivity index (χ4v) is 4.67. The van der Waals surface area contributed by atoms with E-state index in [-0.39, 0.29) is 11.9 Å². The summed E-state index contributed by atoms with van der Waals surface area (Å²) in [5, 5.41) is 0. The Morgan fingerprint density at radius 2 is 1.68 bits per heavy atom. The molecule has 2 aromatic carbocycles. The molecule has 1 aliphatic carbocycles. The second-order valence-electron chi connectivity index (χ2n) is 7.53. The molecule has 1 aliphatic heterocycles. The molecule has 3 nitrogen and oxygen atoms in total. The van der Waals surface area contributed by atoms with Crippen LogP contribution in [0.1, 0.15) is 38.3 Å². The number of para-hydroxylation sites is 2. The average molecular weight is 334 g/mol. The molecule has 0 saturated heterocycles. The lowest BCUT2D eigenvalue weighted by molar-refractivity contribution is -0.117. The normalized spacial score (nSPS) is 25.4. The van der Waals surface area contributed by atoms with Crippen molar-refractivity contribution in [2.24, 2.45) is 11.8 Å². The van der Waals surface area contributed by atoms with Crippen LogP contribution in [0.4, 0.5) is 11.4 Å². The minimum absolute atomic E-state index is 0.164. The van der Waals surface area contributed by atoms with Crippen molar-refractivity contribution in [2.75, 3.05) is 16.8 Å². The summed E-state index contributed by atoms with van der Waals surface area (Å²) in [5.74, 6) is 1.19. The molecule has 25 heavy (non-hydrogen) atoms. The highest BCUT2D eigenvalue weighted by molar-refractivity contribution is 5.94. The first kappa shape index (κ1) is 16.2. The van der Waals surface area contributed by atoms with E-state index < -0.39 is 0 Å². The highest BCUT2D eigenvalue weighted by Crippen LogP contribution is 2.51. The molecule has 3 atom stereocenters. The highest BCUT2D eigenvalue weighted by atomic mass is 16.2. The molecular weight excluding hydrogens is 308 g/mol. The van der Waals surface area contributed by atoms with E-state index in [0.29, 0.717) is 17.9 Å². The maximum atomic E-state index is 12.5. The number of anilines is 2. The summed E-state index contributed by atoms with van der Waals surface area (Å²) in [7, 11) is 2.18. The number of carbonyl (C=O) groups excluding carboxylic acids is 1. The van der Waals surface area contributed by atoms with Crippen molar-refractivity contribution in [3.8, 4) is 0 Å². The summed E-state index contributed by atoms with van der Waals surface area (Å²) in [6.07, 6.45) is 2.48. The molecule has 1 heterocycles. The van der Waals surface area contributed by atoms with Gasteiger partial charge in [-0.3, -0.25) is 4.79 Å². The second-order valence-corrected chi connectivity index (χ2v) is 7.53. The third kappa shape index (κ3) is 2.72. The van der Waals surface area contributed by atoms with Crippen molar-refractivity contribution in [1.29, 1.82) is 0 Å². The van der Waals surface area contributed by atoms with E-state index in [4.69, 9.17) is 0 Å². The van der Waals surface area contributed by atoms with Crippen LogP contribution < -0.4 is 9.80 Å². The molecule has 0 N–H and O–H groups in total. The van der Waals surface area contributed by atoms with Gasteiger partial charge in [0, 0.05) is 37.3 Å². The van der Waals surface area contributed by atoms with Crippen LogP contribution in [0, 0.1) is 11.8 Å². The van der Waals surface area contributed by atoms with Gasteiger partial charge < -0.3 is 9.80 Å². The average Bonchev–Trinajstić information content (AvgIpc) is 3.45. The van der Waals surface area contributed by atoms with Gasteiger partial charge in [-0.05, 0) is 42.5 Å². The van der Waals surface area contributed by atoms with E-state index in [1.165, 1.54) is 24.1 Å². The number of benzene rings is 2. The minimum atomic E-state index is 0.164. The molecule has 130 valence electrons. The number of carbonyl (C=O) groups is 1. The van der Waals surface area contributed by atoms with Crippen LogP contribution in [0.3, 0.4) is 0 Å². The molecule has 1 fully saturated rings. The van der Waals surface area contributed by atoms with E-state index in [2.05, 4.69) is 72.3 Å². The van der Waals surface area contributed by atoms with Crippen LogP contribution >= 0.6 is 0 Å². The first-order valence-corrected chi connectivity index (χ1v) is 9.26. The van der Waals surface area contributed by atoms with Gasteiger partial charge in [0.25, 0.3) is 0 Å². The Labute approximate surface area is 150 Å². The molecule has 0 unspecified atom stereocenters. The minimum Gasteiger partial charge on any atom is -0.367 e. The Morgan fingerprint density at radius 1 is 1.04 bits per heavy atom. The number of rotatable bonds is 3. The SMILES string of the molecule is CC(=O)N1c2ccccc2[C@H](N(C)c2ccccc2)[C@@H](C)[C@@H]1C1CC1. The second kappa shape index (κ2) is 6.21. The van der Waals surface area contributed by atoms with Gasteiger partial charge in [0.1, 0.15) is 0 Å². The molecule has 0 spiro atoms. The summed E-state index contributed by atoms with van der Waals surface area (Å²) in [6.45, 7) is 4.03. The molecule has 0 aromatic heterocycles. The van der Waals surface area contributed by atoms with Gasteiger partial charge in [-0.2, -0.15) is 0 Å². The molecule has 0 radical (unpaired) electrons. The number of amides is 1. The fraction of sp³-hybridized carbons (Fsp3) is 0.409. The van der Waals surface area contributed by atoms with Gasteiger partial charge in [-0.25, -0.2) is 0 Å². The Kier molecular flexibility index (Phi) is 4.03. The molecule has 3 heteroatoms. The Hall–Kier alpha value is -2.29. The largest absolute Gasteiger partial charge is 0.367 e. The fourth-order valence-electron chi connectivity index (χ4n) is 4.67. The Balaban J connectivity index is 1.83. The van der Waals surface area contributed by atoms with Gasteiger partial charge in [0.05, 0.1) is 6.04 Å². The zero-order chi connectivity index (χ0) is 17.6. The zero-order valence-corrected chi connectivity index (χ0v) is 15.2. The van der Waals surface area contributed by atoms with Crippen LogP contribution in [-0.2, 0) is 4.79 Å². The summed E-state index contributed by atoms with van der Waals surface area (Å²) < 4.78 is 0. The molecule has 1 saturated carbocycles. The predicted molar refractivity (Wildman–Crippen MR) is 103 cm³/mol. The molecule has 2 aliphatic rings. The van der Waals surface area contributed by atoms with E-state index in [1.807, 2.05) is 6.07 Å². The third-order valence-electron chi connectivity index (χ3n) is 5.87. The van der Waals surface area contributed by atoms with Crippen molar-refractivity contribution >= 4 is 17.3 Å². The van der Waals surface area contributed by atoms with E-state index in [9.17, 15) is 4.79 Å². The van der Waals surface area contributed by atoms with Crippen LogP contribution in [0.2, 0.25) is 0 Å². The number of hydrogen-bond donors (Lipinski definition) is 0. The van der Waals surface area contributed by atoms with Crippen molar-refractivity contribution in [1.82, 2.24) is 0 Å². The lowest BCUT2D eigenvalue weighted by Gasteiger charge is -2.48. The van der Waals surface area contributed by atoms with E-state index >= 15 is 0 Å². The van der Waals surface area contributed by atoms with Gasteiger partial charge in [0.2, 0.25) is 5.91 Å². The maximum absolute atomic E-state index is 12.5. The summed E-state index contributed by atoms with van der Waals surface area (Å²) in [4.78, 5) is 17.0. The van der Waals surface area contributed by atoms with Gasteiger partial charge in [0.15, 0.2) is 0 Å². The summed E-state index contributed by atoms with van der Waals surface area (Å²) in [5.41, 5.74) is 3.58. The van der Waals surface area contributed by atoms with Crippen LogP contribution in [0.25, 0.3) is 0 Å². The standard InChI is InChI=1S/C22H26N2O/c1-15-21(17-13-14-17)24(16(2)25)20-12-8-7-11-19(20)22(15)23(3)18-9-5-4-6-10-18/h4-12,15,17,21-22H,13-14H2,1-3H3/t15-,21+,22+/m0/s1. The zero-order valence-electron chi connectivity index (χ0n) is 15.2. The first-order valence-electron chi connectivity index (χ1n) is 9.26. The maximum Gasteiger partial charge on any atom is 0.224 e. The summed E-state index contributed by atoms with van der Waals surface area (Å²) in [6, 6.07) is 19.6.